The molecule has 3 heteroatoms. The van der Waals surface area contributed by atoms with Crippen LogP contribution < -0.4 is 5.32 Å². The van der Waals surface area contributed by atoms with Gasteiger partial charge in [0.1, 0.15) is 0 Å². The van der Waals surface area contributed by atoms with Crippen LogP contribution in [0, 0.1) is 17.2 Å². The zero-order chi connectivity index (χ0) is 12.1. The largest absolute Gasteiger partial charge is 0.396 e. The van der Waals surface area contributed by atoms with Crippen LogP contribution in [0.2, 0.25) is 0 Å². The maximum atomic E-state index is 9.23. The molecule has 1 aromatic carbocycles. The quantitative estimate of drug-likeness (QED) is 0.829. The first kappa shape index (κ1) is 12.1. The van der Waals surface area contributed by atoms with E-state index in [2.05, 4.69) is 11.4 Å². The average Bonchev–Trinajstić information content (AvgIpc) is 2.84. The van der Waals surface area contributed by atoms with Crippen LogP contribution in [-0.4, -0.2) is 17.8 Å². The van der Waals surface area contributed by atoms with Crippen LogP contribution in [0.3, 0.4) is 0 Å². The second-order valence-electron chi connectivity index (χ2n) is 4.67. The summed E-state index contributed by atoms with van der Waals surface area (Å²) in [6.45, 7) is 1.05. The Morgan fingerprint density at radius 2 is 2.29 bits per heavy atom. The van der Waals surface area contributed by atoms with Gasteiger partial charge >= 0.3 is 0 Å². The van der Waals surface area contributed by atoms with E-state index in [1.165, 1.54) is 6.42 Å². The number of rotatable bonds is 4. The Bertz CT molecular complexity index is 411. The van der Waals surface area contributed by atoms with Crippen molar-refractivity contribution >= 4 is 0 Å². The van der Waals surface area contributed by atoms with Crippen LogP contribution in [0.5, 0.6) is 0 Å². The molecule has 0 aliphatic heterocycles. The minimum Gasteiger partial charge on any atom is -0.396 e. The molecule has 3 nitrogen and oxygen atoms in total. The molecule has 2 atom stereocenters. The Balaban J connectivity index is 1.91. The van der Waals surface area contributed by atoms with Crippen molar-refractivity contribution in [1.29, 1.82) is 5.26 Å². The van der Waals surface area contributed by atoms with Crippen molar-refractivity contribution in [3.05, 3.63) is 35.4 Å². The third kappa shape index (κ3) is 3.06. The van der Waals surface area contributed by atoms with Gasteiger partial charge in [0.2, 0.25) is 0 Å². The predicted molar refractivity (Wildman–Crippen MR) is 66.2 cm³/mol. The fourth-order valence-electron chi connectivity index (χ4n) is 2.52. The van der Waals surface area contributed by atoms with E-state index >= 15 is 0 Å². The molecule has 0 aromatic heterocycles. The first-order chi connectivity index (χ1) is 8.33. The van der Waals surface area contributed by atoms with Crippen LogP contribution in [0.25, 0.3) is 0 Å². The van der Waals surface area contributed by atoms with E-state index in [1.54, 1.807) is 0 Å². The number of benzene rings is 1. The summed E-state index contributed by atoms with van der Waals surface area (Å²) in [5.41, 5.74) is 1.84. The zero-order valence-corrected chi connectivity index (χ0v) is 9.89. The molecule has 1 fully saturated rings. The molecule has 0 spiro atoms. The highest BCUT2D eigenvalue weighted by Crippen LogP contribution is 2.25. The number of hydrogen-bond acceptors (Lipinski definition) is 3. The summed E-state index contributed by atoms with van der Waals surface area (Å²) in [6, 6.07) is 10.2. The van der Waals surface area contributed by atoms with Crippen LogP contribution in [0.15, 0.2) is 24.3 Å². The number of nitrogens with one attached hydrogen (secondary N) is 1. The summed E-state index contributed by atoms with van der Waals surface area (Å²) in [5, 5.41) is 21.5. The van der Waals surface area contributed by atoms with Gasteiger partial charge in [-0.25, -0.2) is 0 Å². The summed E-state index contributed by atoms with van der Waals surface area (Å²) in [6.07, 6.45) is 3.46. The van der Waals surface area contributed by atoms with Gasteiger partial charge in [-0.1, -0.05) is 18.6 Å². The summed E-state index contributed by atoms with van der Waals surface area (Å²) >= 11 is 0. The molecule has 2 N–H and O–H groups in total. The van der Waals surface area contributed by atoms with Crippen molar-refractivity contribution in [3.8, 4) is 6.07 Å². The third-order valence-electron chi connectivity index (χ3n) is 3.52. The average molecular weight is 230 g/mol. The standard InChI is InChI=1S/C14H18N2O/c15-8-11-3-1-4-12(7-11)9-16-14-6-2-5-13(14)10-17/h1,3-4,7,13-14,16-17H,2,5-6,9-10H2. The Hall–Kier alpha value is -1.37. The van der Waals surface area contributed by atoms with Crippen LogP contribution in [0.4, 0.5) is 0 Å². The van der Waals surface area contributed by atoms with E-state index < -0.39 is 0 Å². The summed E-state index contributed by atoms with van der Waals surface area (Å²) in [4.78, 5) is 0. The first-order valence-electron chi connectivity index (χ1n) is 6.17. The van der Waals surface area contributed by atoms with Gasteiger partial charge in [-0.15, -0.1) is 0 Å². The molecule has 2 unspecified atom stereocenters. The summed E-state index contributed by atoms with van der Waals surface area (Å²) < 4.78 is 0. The SMILES string of the molecule is N#Cc1cccc(CNC2CCCC2CO)c1. The lowest BCUT2D eigenvalue weighted by molar-refractivity contribution is 0.205. The molecule has 90 valence electrons. The fourth-order valence-corrected chi connectivity index (χ4v) is 2.52. The van der Waals surface area contributed by atoms with Gasteiger partial charge in [-0.05, 0) is 36.5 Å². The molecular formula is C14H18N2O. The highest BCUT2D eigenvalue weighted by atomic mass is 16.3. The zero-order valence-electron chi connectivity index (χ0n) is 9.89. The molecule has 2 rings (SSSR count). The molecule has 0 bridgehead atoms. The minimum atomic E-state index is 0.274. The Morgan fingerprint density at radius 3 is 3.06 bits per heavy atom. The summed E-state index contributed by atoms with van der Waals surface area (Å²) in [7, 11) is 0. The minimum absolute atomic E-state index is 0.274. The third-order valence-corrected chi connectivity index (χ3v) is 3.52. The highest BCUT2D eigenvalue weighted by molar-refractivity contribution is 5.32. The summed E-state index contributed by atoms with van der Waals surface area (Å²) in [5.74, 6) is 0.397. The Morgan fingerprint density at radius 1 is 1.41 bits per heavy atom. The van der Waals surface area contributed by atoms with E-state index in [9.17, 15) is 5.11 Å². The van der Waals surface area contributed by atoms with Crippen molar-refractivity contribution in [2.24, 2.45) is 5.92 Å². The smallest absolute Gasteiger partial charge is 0.0991 e. The molecule has 1 aliphatic rings. The predicted octanol–water partition coefficient (Wildman–Crippen LogP) is 1.81. The van der Waals surface area contributed by atoms with Crippen LogP contribution >= 0.6 is 0 Å². The Kier molecular flexibility index (Phi) is 4.13. The maximum absolute atomic E-state index is 9.23. The first-order valence-corrected chi connectivity index (χ1v) is 6.17. The topological polar surface area (TPSA) is 56.0 Å². The number of nitrogens with zero attached hydrogens (tertiary/aromatic N) is 1. The van der Waals surface area contributed by atoms with E-state index in [4.69, 9.17) is 5.26 Å². The lowest BCUT2D eigenvalue weighted by Gasteiger charge is -2.19. The number of aliphatic hydroxyl groups is 1. The molecule has 0 radical (unpaired) electrons. The van der Waals surface area contributed by atoms with Crippen molar-refractivity contribution < 1.29 is 5.11 Å². The molecule has 1 saturated carbocycles. The Labute approximate surface area is 102 Å². The van der Waals surface area contributed by atoms with E-state index in [-0.39, 0.29) is 6.61 Å². The van der Waals surface area contributed by atoms with E-state index in [1.807, 2.05) is 24.3 Å². The van der Waals surface area contributed by atoms with E-state index in [0.29, 0.717) is 17.5 Å². The molecule has 0 heterocycles. The monoisotopic (exact) mass is 230 g/mol. The van der Waals surface area contributed by atoms with Crippen molar-refractivity contribution in [2.45, 2.75) is 31.8 Å². The van der Waals surface area contributed by atoms with Gasteiger partial charge in [0.25, 0.3) is 0 Å². The van der Waals surface area contributed by atoms with Gasteiger partial charge in [-0.2, -0.15) is 5.26 Å². The number of nitriles is 1. The second kappa shape index (κ2) is 5.81. The van der Waals surface area contributed by atoms with Crippen molar-refractivity contribution in [1.82, 2.24) is 5.32 Å². The highest BCUT2D eigenvalue weighted by Gasteiger charge is 2.25. The molecule has 1 aliphatic carbocycles. The molecule has 0 saturated heterocycles. The second-order valence-corrected chi connectivity index (χ2v) is 4.67. The van der Waals surface area contributed by atoms with E-state index in [0.717, 1.165) is 24.9 Å². The lowest BCUT2D eigenvalue weighted by atomic mass is 10.0. The van der Waals surface area contributed by atoms with Crippen molar-refractivity contribution in [3.63, 3.8) is 0 Å². The lowest BCUT2D eigenvalue weighted by Crippen LogP contribution is -2.33. The molecule has 17 heavy (non-hydrogen) atoms. The molecular weight excluding hydrogens is 212 g/mol. The normalized spacial score (nSPS) is 23.5. The van der Waals surface area contributed by atoms with Crippen LogP contribution in [-0.2, 0) is 6.54 Å². The van der Waals surface area contributed by atoms with Crippen molar-refractivity contribution in [2.75, 3.05) is 6.61 Å². The van der Waals surface area contributed by atoms with Gasteiger partial charge < -0.3 is 10.4 Å². The molecule has 1 aromatic rings. The fraction of sp³-hybridized carbons (Fsp3) is 0.500. The number of hydrogen-bond donors (Lipinski definition) is 2. The van der Waals surface area contributed by atoms with Gasteiger partial charge in [0.15, 0.2) is 0 Å². The van der Waals surface area contributed by atoms with Crippen LogP contribution in [0.1, 0.15) is 30.4 Å². The molecule has 0 amide bonds. The van der Waals surface area contributed by atoms with Gasteiger partial charge in [0, 0.05) is 19.2 Å². The van der Waals surface area contributed by atoms with Gasteiger partial charge in [0.05, 0.1) is 11.6 Å². The maximum Gasteiger partial charge on any atom is 0.0991 e. The van der Waals surface area contributed by atoms with Gasteiger partial charge in [-0.3, -0.25) is 0 Å². The number of aliphatic hydroxyl groups excluding tert-OH is 1.